The van der Waals surface area contributed by atoms with E-state index in [0.29, 0.717) is 17.1 Å². The molecule has 1 aliphatic rings. The molecule has 1 heterocycles. The van der Waals surface area contributed by atoms with Crippen LogP contribution in [0, 0.1) is 0 Å². The Bertz CT molecular complexity index is 393. The van der Waals surface area contributed by atoms with E-state index in [9.17, 15) is 4.79 Å². The molecule has 0 bridgehead atoms. The first-order chi connectivity index (χ1) is 6.18. The SMILES string of the molecule is C=C(C)C(=O)Oc1cccc2c1O2. The van der Waals surface area contributed by atoms with Gasteiger partial charge >= 0.3 is 5.97 Å². The molecule has 0 amide bonds. The predicted octanol–water partition coefficient (Wildman–Crippen LogP) is 2.27. The minimum absolute atomic E-state index is 0.373. The Morgan fingerprint density at radius 1 is 1.54 bits per heavy atom. The largest absolute Gasteiger partial charge is 0.445 e. The van der Waals surface area contributed by atoms with Crippen LogP contribution in [-0.2, 0) is 4.79 Å². The molecule has 0 fully saturated rings. The van der Waals surface area contributed by atoms with Crippen LogP contribution >= 0.6 is 0 Å². The summed E-state index contributed by atoms with van der Waals surface area (Å²) in [6.07, 6.45) is 0. The van der Waals surface area contributed by atoms with E-state index in [0.717, 1.165) is 5.75 Å². The average Bonchev–Trinajstić information content (AvgIpc) is 2.83. The van der Waals surface area contributed by atoms with E-state index in [4.69, 9.17) is 9.47 Å². The highest BCUT2D eigenvalue weighted by atomic mass is 16.6. The average molecular weight is 176 g/mol. The molecule has 0 unspecified atom stereocenters. The lowest BCUT2D eigenvalue weighted by molar-refractivity contribution is -0.130. The van der Waals surface area contributed by atoms with E-state index in [-0.39, 0.29) is 0 Å². The van der Waals surface area contributed by atoms with Crippen LogP contribution in [0.15, 0.2) is 30.4 Å². The van der Waals surface area contributed by atoms with E-state index in [2.05, 4.69) is 6.58 Å². The quantitative estimate of drug-likeness (QED) is 0.305. The Balaban J connectivity index is 2.17. The van der Waals surface area contributed by atoms with E-state index >= 15 is 0 Å². The Hall–Kier alpha value is -1.77. The zero-order valence-corrected chi connectivity index (χ0v) is 7.16. The van der Waals surface area contributed by atoms with Gasteiger partial charge in [-0.15, -0.1) is 0 Å². The minimum atomic E-state index is -0.427. The van der Waals surface area contributed by atoms with Gasteiger partial charge in [0.15, 0.2) is 11.5 Å². The zero-order valence-electron chi connectivity index (χ0n) is 7.16. The molecular weight excluding hydrogens is 168 g/mol. The molecule has 3 nitrogen and oxygen atoms in total. The smallest absolute Gasteiger partial charge is 0.338 e. The van der Waals surface area contributed by atoms with Crippen LogP contribution in [0.2, 0.25) is 0 Å². The number of fused-ring (bicyclic) bond motifs is 1. The van der Waals surface area contributed by atoms with Crippen molar-refractivity contribution in [2.45, 2.75) is 6.92 Å². The highest BCUT2D eigenvalue weighted by Gasteiger charge is 2.26. The number of esters is 1. The van der Waals surface area contributed by atoms with Crippen molar-refractivity contribution in [3.05, 3.63) is 30.4 Å². The van der Waals surface area contributed by atoms with Gasteiger partial charge in [0.25, 0.3) is 0 Å². The van der Waals surface area contributed by atoms with Crippen LogP contribution in [0.1, 0.15) is 6.92 Å². The third kappa shape index (κ3) is 1.40. The molecule has 1 aromatic carbocycles. The Morgan fingerprint density at radius 2 is 2.31 bits per heavy atom. The summed E-state index contributed by atoms with van der Waals surface area (Å²) >= 11 is 0. The van der Waals surface area contributed by atoms with Crippen molar-refractivity contribution in [3.63, 3.8) is 0 Å². The van der Waals surface area contributed by atoms with Crippen molar-refractivity contribution in [1.82, 2.24) is 0 Å². The molecule has 0 aliphatic carbocycles. The van der Waals surface area contributed by atoms with Gasteiger partial charge in [-0.2, -0.15) is 0 Å². The highest BCUT2D eigenvalue weighted by Crippen LogP contribution is 2.52. The summed E-state index contributed by atoms with van der Waals surface area (Å²) in [7, 11) is 0. The van der Waals surface area contributed by atoms with Crippen LogP contribution in [0.5, 0.6) is 17.2 Å². The van der Waals surface area contributed by atoms with Crippen molar-refractivity contribution in [1.29, 1.82) is 0 Å². The lowest BCUT2D eigenvalue weighted by Gasteiger charge is -1.99. The molecule has 1 aromatic rings. The number of para-hydroxylation sites is 1. The molecule has 3 heteroatoms. The Kier molecular flexibility index (Phi) is 1.59. The van der Waals surface area contributed by atoms with Gasteiger partial charge in [0.05, 0.1) is 0 Å². The Morgan fingerprint density at radius 3 is 3.00 bits per heavy atom. The predicted molar refractivity (Wildman–Crippen MR) is 47.0 cm³/mol. The summed E-state index contributed by atoms with van der Waals surface area (Å²) in [6, 6.07) is 5.27. The number of benzene rings is 1. The standard InChI is InChI=1S/C10H8O3/c1-6(2)10(11)13-8-5-3-4-7-9(8)12-7/h3-5H,1H2,2H3. The first-order valence-electron chi connectivity index (χ1n) is 3.87. The molecular formula is C10H8O3. The number of rotatable bonds is 2. The lowest BCUT2D eigenvalue weighted by atomic mass is 10.3. The van der Waals surface area contributed by atoms with E-state index < -0.39 is 5.97 Å². The minimum Gasteiger partial charge on any atom is -0.445 e. The van der Waals surface area contributed by atoms with Crippen LogP contribution in [0.3, 0.4) is 0 Å². The van der Waals surface area contributed by atoms with Crippen molar-refractivity contribution < 1.29 is 14.3 Å². The van der Waals surface area contributed by atoms with Gasteiger partial charge < -0.3 is 9.47 Å². The van der Waals surface area contributed by atoms with Crippen molar-refractivity contribution >= 4 is 5.97 Å². The first-order valence-corrected chi connectivity index (χ1v) is 3.87. The summed E-state index contributed by atoms with van der Waals surface area (Å²) in [4.78, 5) is 11.1. The molecule has 0 N–H and O–H groups in total. The fraction of sp³-hybridized carbons (Fsp3) is 0.100. The second-order valence-corrected chi connectivity index (χ2v) is 2.86. The fourth-order valence-corrected chi connectivity index (χ4v) is 0.932. The number of carbonyl (C=O) groups is 1. The van der Waals surface area contributed by atoms with Gasteiger partial charge in [0.2, 0.25) is 5.75 Å². The van der Waals surface area contributed by atoms with Crippen LogP contribution in [0.25, 0.3) is 0 Å². The molecule has 1 aliphatic heterocycles. The van der Waals surface area contributed by atoms with E-state index in [1.54, 1.807) is 19.1 Å². The molecule has 0 spiro atoms. The fourth-order valence-electron chi connectivity index (χ4n) is 0.932. The summed E-state index contributed by atoms with van der Waals surface area (Å²) < 4.78 is 10.0. The number of hydrogen-bond donors (Lipinski definition) is 0. The van der Waals surface area contributed by atoms with Crippen LogP contribution in [0.4, 0.5) is 0 Å². The maximum Gasteiger partial charge on any atom is 0.338 e. The molecule has 13 heavy (non-hydrogen) atoms. The third-order valence-corrected chi connectivity index (χ3v) is 1.66. The van der Waals surface area contributed by atoms with Crippen molar-refractivity contribution in [3.8, 4) is 17.2 Å². The topological polar surface area (TPSA) is 38.8 Å². The zero-order chi connectivity index (χ0) is 9.42. The number of carbonyl (C=O) groups excluding carboxylic acids is 1. The highest BCUT2D eigenvalue weighted by molar-refractivity contribution is 5.89. The molecule has 2 rings (SSSR count). The monoisotopic (exact) mass is 176 g/mol. The summed E-state index contributed by atoms with van der Waals surface area (Å²) in [6.45, 7) is 5.08. The van der Waals surface area contributed by atoms with Gasteiger partial charge in [-0.3, -0.25) is 0 Å². The third-order valence-electron chi connectivity index (χ3n) is 1.66. The molecule has 0 radical (unpaired) electrons. The number of hydrogen-bond acceptors (Lipinski definition) is 3. The molecule has 0 saturated carbocycles. The summed E-state index contributed by atoms with van der Waals surface area (Å²) in [5.41, 5.74) is 0.373. The van der Waals surface area contributed by atoms with Gasteiger partial charge in [0, 0.05) is 5.57 Å². The van der Waals surface area contributed by atoms with Crippen LogP contribution < -0.4 is 9.47 Å². The van der Waals surface area contributed by atoms with Crippen molar-refractivity contribution in [2.24, 2.45) is 0 Å². The maximum absolute atomic E-state index is 11.1. The normalized spacial score (nSPS) is 11.2. The van der Waals surface area contributed by atoms with Gasteiger partial charge in [-0.25, -0.2) is 4.79 Å². The second kappa shape index (κ2) is 2.62. The van der Waals surface area contributed by atoms with Gasteiger partial charge in [-0.05, 0) is 19.1 Å². The molecule has 0 saturated heterocycles. The maximum atomic E-state index is 11.1. The Labute approximate surface area is 75.6 Å². The van der Waals surface area contributed by atoms with Crippen LogP contribution in [-0.4, -0.2) is 5.97 Å². The molecule has 0 atom stereocenters. The molecule has 0 aromatic heterocycles. The summed E-state index contributed by atoms with van der Waals surface area (Å²) in [5.74, 6) is 1.46. The van der Waals surface area contributed by atoms with Gasteiger partial charge in [0.1, 0.15) is 0 Å². The summed E-state index contributed by atoms with van der Waals surface area (Å²) in [5, 5.41) is 0. The lowest BCUT2D eigenvalue weighted by Crippen LogP contribution is -2.07. The van der Waals surface area contributed by atoms with E-state index in [1.807, 2.05) is 6.07 Å². The van der Waals surface area contributed by atoms with E-state index in [1.165, 1.54) is 0 Å². The van der Waals surface area contributed by atoms with Crippen molar-refractivity contribution in [2.75, 3.05) is 0 Å². The van der Waals surface area contributed by atoms with Gasteiger partial charge in [-0.1, -0.05) is 12.6 Å². The molecule has 66 valence electrons. The first kappa shape index (κ1) is 7.86. The number of ether oxygens (including phenoxy) is 2. The second-order valence-electron chi connectivity index (χ2n) is 2.86.